The first kappa shape index (κ1) is 15.0. The van der Waals surface area contributed by atoms with Gasteiger partial charge < -0.3 is 9.47 Å². The fourth-order valence-corrected chi connectivity index (χ4v) is 4.24. The van der Waals surface area contributed by atoms with Crippen molar-refractivity contribution in [1.29, 1.82) is 0 Å². The van der Waals surface area contributed by atoms with Crippen molar-refractivity contribution in [2.75, 3.05) is 23.0 Å². The topological polar surface area (TPSA) is 52.6 Å². The van der Waals surface area contributed by atoms with Gasteiger partial charge in [0.15, 0.2) is 0 Å². The van der Waals surface area contributed by atoms with Gasteiger partial charge in [-0.3, -0.25) is 9.59 Å². The smallest absolute Gasteiger partial charge is 0.309 e. The number of carbonyl (C=O) groups excluding carboxylic acids is 2. The van der Waals surface area contributed by atoms with Crippen LogP contribution in [0.3, 0.4) is 0 Å². The number of ether oxygens (including phenoxy) is 2. The van der Waals surface area contributed by atoms with Crippen LogP contribution in [0.2, 0.25) is 0 Å². The summed E-state index contributed by atoms with van der Waals surface area (Å²) in [7, 11) is 0. The largest absolute Gasteiger partial charge is 0.461 e. The van der Waals surface area contributed by atoms with E-state index in [-0.39, 0.29) is 30.1 Å². The molecule has 0 bridgehead atoms. The molecule has 2 saturated heterocycles. The molecule has 6 heteroatoms. The van der Waals surface area contributed by atoms with E-state index < -0.39 is 0 Å². The van der Waals surface area contributed by atoms with Crippen LogP contribution in [0.15, 0.2) is 0 Å². The Morgan fingerprint density at radius 3 is 2.11 bits per heavy atom. The third kappa shape index (κ3) is 4.31. The molecule has 2 aliphatic rings. The molecule has 0 spiro atoms. The van der Waals surface area contributed by atoms with Crippen molar-refractivity contribution in [3.63, 3.8) is 0 Å². The van der Waals surface area contributed by atoms with Crippen molar-refractivity contribution in [2.45, 2.75) is 38.4 Å². The highest BCUT2D eigenvalue weighted by Gasteiger charge is 2.45. The normalized spacial score (nSPS) is 27.0. The van der Waals surface area contributed by atoms with Crippen LogP contribution in [-0.4, -0.2) is 47.2 Å². The molecule has 0 aliphatic carbocycles. The molecule has 0 saturated carbocycles. The van der Waals surface area contributed by atoms with Crippen LogP contribution in [0.1, 0.15) is 26.2 Å². The van der Waals surface area contributed by atoms with Crippen LogP contribution in [0.4, 0.5) is 0 Å². The molecule has 108 valence electrons. The molecule has 2 rings (SSSR count). The van der Waals surface area contributed by atoms with Gasteiger partial charge in [0.25, 0.3) is 0 Å². The predicted molar refractivity (Wildman–Crippen MR) is 77.4 cm³/mol. The molecule has 2 heterocycles. The van der Waals surface area contributed by atoms with Crippen LogP contribution < -0.4 is 0 Å². The average Bonchev–Trinajstić information content (AvgIpc) is 2.32. The molecule has 0 amide bonds. The second-order valence-corrected chi connectivity index (χ2v) is 7.30. The van der Waals surface area contributed by atoms with Gasteiger partial charge in [-0.2, -0.15) is 23.5 Å². The maximum atomic E-state index is 10.9. The van der Waals surface area contributed by atoms with Crippen molar-refractivity contribution in [2.24, 2.45) is 5.92 Å². The van der Waals surface area contributed by atoms with Crippen LogP contribution in [0, 0.1) is 5.92 Å². The van der Waals surface area contributed by atoms with E-state index in [1.165, 1.54) is 17.9 Å². The number of hydrogen-bond acceptors (Lipinski definition) is 6. The molecule has 2 fully saturated rings. The van der Waals surface area contributed by atoms with Gasteiger partial charge in [0.05, 0.1) is 12.8 Å². The van der Waals surface area contributed by atoms with E-state index in [2.05, 4.69) is 6.92 Å². The van der Waals surface area contributed by atoms with Crippen molar-refractivity contribution < 1.29 is 19.1 Å². The van der Waals surface area contributed by atoms with E-state index in [1.807, 2.05) is 23.5 Å². The second-order valence-electron chi connectivity index (χ2n) is 4.75. The number of rotatable bonds is 9. The Labute approximate surface area is 122 Å². The molecule has 4 nitrogen and oxygen atoms in total. The standard InChI is InChI=1S/C13H20O4S2/c1-2-18-4-3-5-19-8-9(10-6-12(14)16-10)11-7-13(15)17-11/h9-11H,2-8H2,1H3. The number of cyclic esters (lactones) is 2. The molecular weight excluding hydrogens is 284 g/mol. The lowest BCUT2D eigenvalue weighted by Crippen LogP contribution is -2.50. The van der Waals surface area contributed by atoms with Crippen LogP contribution >= 0.6 is 23.5 Å². The third-order valence-electron chi connectivity index (χ3n) is 3.35. The minimum atomic E-state index is -0.134. The molecule has 2 aliphatic heterocycles. The first-order valence-electron chi connectivity index (χ1n) is 6.75. The molecule has 0 aromatic heterocycles. The first-order chi connectivity index (χ1) is 9.20. The molecule has 0 aromatic carbocycles. The maximum absolute atomic E-state index is 10.9. The molecule has 0 radical (unpaired) electrons. The Morgan fingerprint density at radius 1 is 1.11 bits per heavy atom. The molecule has 0 aromatic rings. The van der Waals surface area contributed by atoms with E-state index in [0.29, 0.717) is 12.8 Å². The van der Waals surface area contributed by atoms with E-state index in [0.717, 1.165) is 11.5 Å². The Morgan fingerprint density at radius 2 is 1.63 bits per heavy atom. The summed E-state index contributed by atoms with van der Waals surface area (Å²) in [6.07, 6.45) is 2.08. The van der Waals surface area contributed by atoms with Gasteiger partial charge in [0.1, 0.15) is 12.2 Å². The number of thioether (sulfide) groups is 2. The fourth-order valence-electron chi connectivity index (χ4n) is 2.21. The maximum Gasteiger partial charge on any atom is 0.309 e. The molecule has 0 N–H and O–H groups in total. The van der Waals surface area contributed by atoms with Crippen molar-refractivity contribution >= 4 is 35.5 Å². The molecule has 19 heavy (non-hydrogen) atoms. The van der Waals surface area contributed by atoms with E-state index in [9.17, 15) is 9.59 Å². The van der Waals surface area contributed by atoms with Gasteiger partial charge in [0.2, 0.25) is 0 Å². The number of esters is 2. The van der Waals surface area contributed by atoms with Crippen molar-refractivity contribution in [3.05, 3.63) is 0 Å². The summed E-state index contributed by atoms with van der Waals surface area (Å²) < 4.78 is 10.3. The van der Waals surface area contributed by atoms with Gasteiger partial charge in [0, 0.05) is 11.7 Å². The van der Waals surface area contributed by atoms with Crippen LogP contribution in [0.25, 0.3) is 0 Å². The zero-order chi connectivity index (χ0) is 13.7. The van der Waals surface area contributed by atoms with Crippen molar-refractivity contribution in [3.8, 4) is 0 Å². The van der Waals surface area contributed by atoms with Gasteiger partial charge in [-0.05, 0) is 23.7 Å². The van der Waals surface area contributed by atoms with Crippen LogP contribution in [0.5, 0.6) is 0 Å². The highest BCUT2D eigenvalue weighted by atomic mass is 32.2. The van der Waals surface area contributed by atoms with E-state index in [4.69, 9.17) is 9.47 Å². The predicted octanol–water partition coefficient (Wildman–Crippen LogP) is 2.11. The van der Waals surface area contributed by atoms with Crippen LogP contribution in [-0.2, 0) is 19.1 Å². The Hall–Kier alpha value is -0.360. The lowest BCUT2D eigenvalue weighted by Gasteiger charge is -2.40. The summed E-state index contributed by atoms with van der Waals surface area (Å²) in [4.78, 5) is 21.8. The monoisotopic (exact) mass is 304 g/mol. The summed E-state index contributed by atoms with van der Waals surface area (Å²) in [5.74, 6) is 4.31. The highest BCUT2D eigenvalue weighted by molar-refractivity contribution is 8.00. The Balaban J connectivity index is 1.66. The third-order valence-corrected chi connectivity index (χ3v) is 5.53. The summed E-state index contributed by atoms with van der Waals surface area (Å²) >= 11 is 3.83. The van der Waals surface area contributed by atoms with Crippen molar-refractivity contribution in [1.82, 2.24) is 0 Å². The number of hydrogen-bond donors (Lipinski definition) is 0. The van der Waals surface area contributed by atoms with Gasteiger partial charge in [-0.15, -0.1) is 0 Å². The average molecular weight is 304 g/mol. The summed E-state index contributed by atoms with van der Waals surface area (Å²) in [5, 5.41) is 0. The van der Waals surface area contributed by atoms with E-state index >= 15 is 0 Å². The Kier molecular flexibility index (Phi) is 5.88. The molecule has 2 unspecified atom stereocenters. The zero-order valence-corrected chi connectivity index (χ0v) is 12.8. The summed E-state index contributed by atoms with van der Waals surface area (Å²) in [6, 6.07) is 0. The minimum Gasteiger partial charge on any atom is -0.461 e. The summed E-state index contributed by atoms with van der Waals surface area (Å²) in [5.41, 5.74) is 0. The minimum absolute atomic E-state index is 0.0388. The zero-order valence-electron chi connectivity index (χ0n) is 11.1. The van der Waals surface area contributed by atoms with Gasteiger partial charge in [-0.1, -0.05) is 6.92 Å². The van der Waals surface area contributed by atoms with Gasteiger partial charge in [-0.25, -0.2) is 0 Å². The summed E-state index contributed by atoms with van der Waals surface area (Å²) in [6.45, 7) is 2.17. The Bertz CT molecular complexity index is 295. The molecule has 2 atom stereocenters. The first-order valence-corrected chi connectivity index (χ1v) is 9.06. The second kappa shape index (κ2) is 7.43. The quantitative estimate of drug-likeness (QED) is 0.480. The fraction of sp³-hybridized carbons (Fsp3) is 0.846. The van der Waals surface area contributed by atoms with Gasteiger partial charge >= 0.3 is 11.9 Å². The number of carbonyl (C=O) groups is 2. The highest BCUT2D eigenvalue weighted by Crippen LogP contribution is 2.34. The lowest BCUT2D eigenvalue weighted by atomic mass is 9.88. The molecular formula is C13H20O4S2. The SMILES string of the molecule is CCSCCCSCC(C1CC(=O)O1)C1CC(=O)O1. The van der Waals surface area contributed by atoms with E-state index in [1.54, 1.807) is 0 Å². The lowest BCUT2D eigenvalue weighted by molar-refractivity contribution is -0.193.